The third kappa shape index (κ3) is 3.33. The number of hydrogen-bond donors (Lipinski definition) is 1. The van der Waals surface area contributed by atoms with Crippen molar-refractivity contribution in [3.8, 4) is 16.9 Å². The Morgan fingerprint density at radius 2 is 1.82 bits per heavy atom. The third-order valence-electron chi connectivity index (χ3n) is 6.32. The van der Waals surface area contributed by atoms with Gasteiger partial charge in [-0.15, -0.1) is 0 Å². The number of carbonyl (C=O) groups is 2. The Morgan fingerprint density at radius 1 is 1.09 bits per heavy atom. The minimum absolute atomic E-state index is 0.0547. The van der Waals surface area contributed by atoms with Crippen molar-refractivity contribution in [2.75, 3.05) is 13.1 Å². The van der Waals surface area contributed by atoms with Crippen LogP contribution in [0.5, 0.6) is 5.75 Å². The molecule has 0 radical (unpaired) electrons. The zero-order chi connectivity index (χ0) is 23.5. The molecular formula is C25H19F3N2O3. The largest absolute Gasteiger partial charge is 0.508 e. The number of phenols is 1. The highest BCUT2D eigenvalue weighted by molar-refractivity contribution is 6.05. The van der Waals surface area contributed by atoms with Crippen molar-refractivity contribution in [1.29, 1.82) is 0 Å². The molecule has 1 saturated heterocycles. The highest BCUT2D eigenvalue weighted by atomic mass is 19.4. The van der Waals surface area contributed by atoms with Crippen molar-refractivity contribution in [1.82, 2.24) is 9.80 Å². The van der Waals surface area contributed by atoms with Gasteiger partial charge in [0, 0.05) is 19.6 Å². The Balaban J connectivity index is 1.62. The van der Waals surface area contributed by atoms with Gasteiger partial charge >= 0.3 is 6.18 Å². The minimum Gasteiger partial charge on any atom is -0.508 e. The van der Waals surface area contributed by atoms with E-state index in [0.717, 1.165) is 0 Å². The summed E-state index contributed by atoms with van der Waals surface area (Å²) in [4.78, 5) is 27.8. The maximum absolute atomic E-state index is 14.4. The Hall–Kier alpha value is -3.81. The molecule has 2 heterocycles. The second kappa shape index (κ2) is 7.37. The molecular weight excluding hydrogens is 433 g/mol. The van der Waals surface area contributed by atoms with Crippen LogP contribution in [0.25, 0.3) is 21.9 Å². The van der Waals surface area contributed by atoms with Crippen LogP contribution in [0.1, 0.15) is 21.5 Å². The standard InChI is InChI=1S/C25H19F3N2O3/c1-2-21(32)29-12-16(13-29)30-11-15-7-8-19(23(25(26,27)28)22(15)24(30)33)20-10-17(31)9-14-5-3-4-6-18(14)20/h2-10,16,31H,1,11-13H2. The molecule has 0 aliphatic carbocycles. The maximum Gasteiger partial charge on any atom is 0.417 e. The average molecular weight is 452 g/mol. The van der Waals surface area contributed by atoms with Crippen molar-refractivity contribution in [3.63, 3.8) is 0 Å². The summed E-state index contributed by atoms with van der Waals surface area (Å²) >= 11 is 0. The van der Waals surface area contributed by atoms with Gasteiger partial charge in [0.2, 0.25) is 5.91 Å². The van der Waals surface area contributed by atoms with Gasteiger partial charge in [-0.2, -0.15) is 13.2 Å². The number of rotatable bonds is 3. The van der Waals surface area contributed by atoms with Crippen LogP contribution in [-0.2, 0) is 17.5 Å². The fourth-order valence-electron chi connectivity index (χ4n) is 4.71. The lowest BCUT2D eigenvalue weighted by Crippen LogP contribution is -2.60. The van der Waals surface area contributed by atoms with Crippen molar-refractivity contribution < 1.29 is 27.9 Å². The molecule has 0 aromatic heterocycles. The second-order valence-corrected chi connectivity index (χ2v) is 8.27. The lowest BCUT2D eigenvalue weighted by atomic mass is 9.89. The van der Waals surface area contributed by atoms with Gasteiger partial charge < -0.3 is 14.9 Å². The highest BCUT2D eigenvalue weighted by Crippen LogP contribution is 2.46. The molecule has 8 heteroatoms. The van der Waals surface area contributed by atoms with Crippen LogP contribution in [0.3, 0.4) is 0 Å². The highest BCUT2D eigenvalue weighted by Gasteiger charge is 2.46. The number of hydrogen-bond acceptors (Lipinski definition) is 3. The number of nitrogens with zero attached hydrogens (tertiary/aromatic N) is 2. The predicted octanol–water partition coefficient (Wildman–Crippen LogP) is 4.58. The van der Waals surface area contributed by atoms with E-state index in [1.807, 2.05) is 0 Å². The van der Waals surface area contributed by atoms with Gasteiger partial charge in [-0.3, -0.25) is 9.59 Å². The van der Waals surface area contributed by atoms with Gasteiger partial charge in [-0.1, -0.05) is 43.0 Å². The first kappa shape index (κ1) is 21.1. The number of carbonyl (C=O) groups excluding carboxylic acids is 2. The van der Waals surface area contributed by atoms with Crippen molar-refractivity contribution in [2.24, 2.45) is 0 Å². The van der Waals surface area contributed by atoms with Gasteiger partial charge in [-0.25, -0.2) is 0 Å². The van der Waals surface area contributed by atoms with E-state index in [0.29, 0.717) is 16.3 Å². The molecule has 0 saturated carbocycles. The summed E-state index contributed by atoms with van der Waals surface area (Å²) in [5.41, 5.74) is -1.00. The lowest BCUT2D eigenvalue weighted by Gasteiger charge is -2.43. The molecule has 2 aliphatic rings. The summed E-state index contributed by atoms with van der Waals surface area (Å²) in [5.74, 6) is -1.13. The molecule has 5 nitrogen and oxygen atoms in total. The Morgan fingerprint density at radius 3 is 2.52 bits per heavy atom. The number of aromatic hydroxyl groups is 1. The molecule has 3 aromatic carbocycles. The molecule has 5 rings (SSSR count). The van der Waals surface area contributed by atoms with Gasteiger partial charge in [0.15, 0.2) is 0 Å². The van der Waals surface area contributed by atoms with Gasteiger partial charge in [0.25, 0.3) is 5.91 Å². The first-order chi connectivity index (χ1) is 15.7. The van der Waals surface area contributed by atoms with Crippen LogP contribution in [0.4, 0.5) is 13.2 Å². The fourth-order valence-corrected chi connectivity index (χ4v) is 4.71. The number of fused-ring (bicyclic) bond motifs is 2. The number of phenolic OH excluding ortho intramolecular Hbond substituents is 1. The number of amides is 2. The van der Waals surface area contributed by atoms with E-state index in [4.69, 9.17) is 0 Å². The van der Waals surface area contributed by atoms with Crippen LogP contribution in [0.15, 0.2) is 61.2 Å². The molecule has 1 fully saturated rings. The monoisotopic (exact) mass is 452 g/mol. The average Bonchev–Trinajstić information content (AvgIpc) is 3.06. The third-order valence-corrected chi connectivity index (χ3v) is 6.32. The Bertz CT molecular complexity index is 1330. The van der Waals surface area contributed by atoms with E-state index in [1.54, 1.807) is 30.3 Å². The van der Waals surface area contributed by atoms with Crippen LogP contribution >= 0.6 is 0 Å². The van der Waals surface area contributed by atoms with Crippen LogP contribution in [-0.4, -0.2) is 45.9 Å². The zero-order valence-electron chi connectivity index (χ0n) is 17.4. The van der Waals surface area contributed by atoms with Gasteiger partial charge in [0.1, 0.15) is 5.75 Å². The Kier molecular flexibility index (Phi) is 4.70. The molecule has 168 valence electrons. The topological polar surface area (TPSA) is 60.9 Å². The molecule has 3 aromatic rings. The summed E-state index contributed by atoms with van der Waals surface area (Å²) in [5, 5.41) is 11.3. The first-order valence-electron chi connectivity index (χ1n) is 10.4. The van der Waals surface area contributed by atoms with E-state index in [1.165, 1.54) is 34.1 Å². The van der Waals surface area contributed by atoms with Crippen molar-refractivity contribution >= 4 is 22.6 Å². The molecule has 0 bridgehead atoms. The summed E-state index contributed by atoms with van der Waals surface area (Å²) < 4.78 is 43.2. The van der Waals surface area contributed by atoms with Crippen molar-refractivity contribution in [2.45, 2.75) is 18.8 Å². The first-order valence-corrected chi connectivity index (χ1v) is 10.4. The van der Waals surface area contributed by atoms with Crippen LogP contribution in [0.2, 0.25) is 0 Å². The number of benzene rings is 3. The smallest absolute Gasteiger partial charge is 0.417 e. The van der Waals surface area contributed by atoms with Gasteiger partial charge in [0.05, 0.1) is 17.2 Å². The number of alkyl halides is 3. The SMILES string of the molecule is C=CC(=O)N1CC(N2Cc3ccc(-c4cc(O)cc5ccccc45)c(C(F)(F)F)c3C2=O)C1. The van der Waals surface area contributed by atoms with Crippen molar-refractivity contribution in [3.05, 3.63) is 77.9 Å². The summed E-state index contributed by atoms with van der Waals surface area (Å²) in [7, 11) is 0. The number of halogens is 3. The second-order valence-electron chi connectivity index (χ2n) is 8.27. The van der Waals surface area contributed by atoms with Crippen LogP contribution in [0, 0.1) is 0 Å². The maximum atomic E-state index is 14.4. The van der Waals surface area contributed by atoms with Crippen LogP contribution < -0.4 is 0 Å². The predicted molar refractivity (Wildman–Crippen MR) is 116 cm³/mol. The molecule has 0 atom stereocenters. The summed E-state index contributed by atoms with van der Waals surface area (Å²) in [6, 6.07) is 12.2. The van der Waals surface area contributed by atoms with E-state index in [-0.39, 0.29) is 54.0 Å². The fraction of sp³-hybridized carbons (Fsp3) is 0.200. The van der Waals surface area contributed by atoms with E-state index in [2.05, 4.69) is 6.58 Å². The molecule has 33 heavy (non-hydrogen) atoms. The van der Waals surface area contributed by atoms with Gasteiger partial charge in [-0.05, 0) is 45.7 Å². The van der Waals surface area contributed by atoms with E-state index >= 15 is 0 Å². The molecule has 2 amide bonds. The van der Waals surface area contributed by atoms with E-state index in [9.17, 15) is 27.9 Å². The normalized spacial score (nSPS) is 16.2. The summed E-state index contributed by atoms with van der Waals surface area (Å²) in [6.45, 7) is 4.00. The quantitative estimate of drug-likeness (QED) is 0.592. The summed E-state index contributed by atoms with van der Waals surface area (Å²) in [6.07, 6.45) is -3.62. The van der Waals surface area contributed by atoms with E-state index < -0.39 is 17.6 Å². The molecule has 0 spiro atoms. The zero-order valence-corrected chi connectivity index (χ0v) is 17.4. The lowest BCUT2D eigenvalue weighted by molar-refractivity contribution is -0.137. The Labute approximate surface area is 187 Å². The number of likely N-dealkylation sites (tertiary alicyclic amines) is 1. The molecule has 1 N–H and O–H groups in total. The minimum atomic E-state index is -4.79. The molecule has 2 aliphatic heterocycles. The molecule has 0 unspecified atom stereocenters.